The molecule has 1 aromatic carbocycles. The molecule has 0 saturated carbocycles. The van der Waals surface area contributed by atoms with E-state index in [0.29, 0.717) is 31.1 Å². The van der Waals surface area contributed by atoms with Gasteiger partial charge in [0.05, 0.1) is 17.6 Å². The Morgan fingerprint density at radius 3 is 3.05 bits per heavy atom. The van der Waals surface area contributed by atoms with Crippen molar-refractivity contribution in [2.45, 2.75) is 19.4 Å². The number of rotatable bonds is 4. The van der Waals surface area contributed by atoms with Crippen LogP contribution in [0.4, 0.5) is 0 Å². The molecule has 0 bridgehead atoms. The first kappa shape index (κ1) is 14.4. The number of hydrogen-bond acceptors (Lipinski definition) is 4. The zero-order valence-electron chi connectivity index (χ0n) is 12.5. The highest BCUT2D eigenvalue weighted by Crippen LogP contribution is 2.18. The summed E-state index contributed by atoms with van der Waals surface area (Å²) >= 11 is 0. The van der Waals surface area contributed by atoms with Crippen molar-refractivity contribution >= 4 is 22.8 Å². The summed E-state index contributed by atoms with van der Waals surface area (Å²) in [7, 11) is 1.74. The SMILES string of the molecule is CCOc1nc2ccc(C(=O)NC3CCN(C)C3=O)cc2[nH]1. The molecular formula is C15H18N4O3. The third-order valence-electron chi connectivity index (χ3n) is 3.74. The molecule has 0 spiro atoms. The Hall–Kier alpha value is -2.57. The first-order chi connectivity index (χ1) is 10.6. The van der Waals surface area contributed by atoms with Gasteiger partial charge in [0.25, 0.3) is 11.9 Å². The Bertz CT molecular complexity index is 725. The number of nitrogens with one attached hydrogen (secondary N) is 2. The fourth-order valence-electron chi connectivity index (χ4n) is 2.53. The number of benzene rings is 1. The van der Waals surface area contributed by atoms with Crippen LogP contribution in [0.15, 0.2) is 18.2 Å². The van der Waals surface area contributed by atoms with Crippen LogP contribution in [0.5, 0.6) is 6.01 Å². The van der Waals surface area contributed by atoms with E-state index in [0.717, 1.165) is 11.0 Å². The maximum absolute atomic E-state index is 12.3. The van der Waals surface area contributed by atoms with Crippen LogP contribution in [0, 0.1) is 0 Å². The molecular weight excluding hydrogens is 284 g/mol. The van der Waals surface area contributed by atoms with E-state index in [4.69, 9.17) is 4.74 Å². The Morgan fingerprint density at radius 1 is 1.55 bits per heavy atom. The standard InChI is InChI=1S/C15H18N4O3/c1-3-22-15-17-10-5-4-9(8-12(10)18-15)13(20)16-11-6-7-19(2)14(11)21/h4-5,8,11H,3,6-7H2,1-2H3,(H,16,20)(H,17,18). The molecule has 2 amide bonds. The van der Waals surface area contributed by atoms with Gasteiger partial charge in [-0.1, -0.05) is 0 Å². The van der Waals surface area contributed by atoms with E-state index in [-0.39, 0.29) is 11.8 Å². The molecule has 2 aromatic rings. The highest BCUT2D eigenvalue weighted by atomic mass is 16.5. The van der Waals surface area contributed by atoms with Crippen LogP contribution < -0.4 is 10.1 Å². The van der Waals surface area contributed by atoms with Gasteiger partial charge in [-0.2, -0.15) is 4.98 Å². The van der Waals surface area contributed by atoms with Crippen LogP contribution in [-0.4, -0.2) is 52.9 Å². The van der Waals surface area contributed by atoms with Crippen LogP contribution >= 0.6 is 0 Å². The van der Waals surface area contributed by atoms with E-state index in [1.54, 1.807) is 30.1 Å². The van der Waals surface area contributed by atoms with Crippen molar-refractivity contribution in [2.75, 3.05) is 20.2 Å². The Balaban J connectivity index is 1.77. The van der Waals surface area contributed by atoms with Crippen molar-refractivity contribution in [1.29, 1.82) is 0 Å². The van der Waals surface area contributed by atoms with E-state index >= 15 is 0 Å². The molecule has 1 atom stereocenters. The number of ether oxygens (including phenoxy) is 1. The molecule has 1 aliphatic heterocycles. The summed E-state index contributed by atoms with van der Waals surface area (Å²) < 4.78 is 5.31. The number of carbonyl (C=O) groups is 2. The van der Waals surface area contributed by atoms with Crippen molar-refractivity contribution in [1.82, 2.24) is 20.2 Å². The lowest BCUT2D eigenvalue weighted by atomic mass is 10.1. The number of amides is 2. The number of carbonyl (C=O) groups excluding carboxylic acids is 2. The lowest BCUT2D eigenvalue weighted by Gasteiger charge is -2.12. The van der Waals surface area contributed by atoms with Crippen LogP contribution in [0.3, 0.4) is 0 Å². The van der Waals surface area contributed by atoms with Crippen molar-refractivity contribution in [3.63, 3.8) is 0 Å². The van der Waals surface area contributed by atoms with Crippen LogP contribution in [-0.2, 0) is 4.79 Å². The average molecular weight is 302 g/mol. The normalized spacial score (nSPS) is 18.0. The Kier molecular flexibility index (Phi) is 3.70. The molecule has 2 heterocycles. The first-order valence-electron chi connectivity index (χ1n) is 7.27. The molecule has 116 valence electrons. The fraction of sp³-hybridized carbons (Fsp3) is 0.400. The zero-order chi connectivity index (χ0) is 15.7. The number of hydrogen-bond donors (Lipinski definition) is 2. The van der Waals surface area contributed by atoms with Gasteiger partial charge in [0, 0.05) is 19.2 Å². The summed E-state index contributed by atoms with van der Waals surface area (Å²) in [5.41, 5.74) is 1.95. The second-order valence-electron chi connectivity index (χ2n) is 5.28. The third kappa shape index (κ3) is 2.61. The Morgan fingerprint density at radius 2 is 2.36 bits per heavy atom. The smallest absolute Gasteiger partial charge is 0.294 e. The van der Waals surface area contributed by atoms with E-state index in [1.807, 2.05) is 6.92 Å². The number of imidazole rings is 1. The maximum Gasteiger partial charge on any atom is 0.294 e. The van der Waals surface area contributed by atoms with Crippen molar-refractivity contribution in [3.8, 4) is 6.01 Å². The molecule has 7 nitrogen and oxygen atoms in total. The number of H-pyrrole nitrogens is 1. The van der Waals surface area contributed by atoms with Crippen LogP contribution in [0.1, 0.15) is 23.7 Å². The van der Waals surface area contributed by atoms with Gasteiger partial charge >= 0.3 is 0 Å². The number of likely N-dealkylation sites (tertiary alicyclic amines) is 1. The van der Waals surface area contributed by atoms with Crippen LogP contribution in [0.25, 0.3) is 11.0 Å². The van der Waals surface area contributed by atoms with Gasteiger partial charge in [-0.05, 0) is 31.5 Å². The predicted octanol–water partition coefficient (Wildman–Crippen LogP) is 0.922. The largest absolute Gasteiger partial charge is 0.465 e. The monoisotopic (exact) mass is 302 g/mol. The lowest BCUT2D eigenvalue weighted by Crippen LogP contribution is -2.40. The van der Waals surface area contributed by atoms with Crippen molar-refractivity contribution in [3.05, 3.63) is 23.8 Å². The van der Waals surface area contributed by atoms with Crippen LogP contribution in [0.2, 0.25) is 0 Å². The van der Waals surface area contributed by atoms with E-state index in [2.05, 4.69) is 15.3 Å². The van der Waals surface area contributed by atoms with Gasteiger partial charge < -0.3 is 19.9 Å². The number of aromatic amines is 1. The first-order valence-corrected chi connectivity index (χ1v) is 7.27. The molecule has 0 radical (unpaired) electrons. The van der Waals surface area contributed by atoms with Gasteiger partial charge in [0.2, 0.25) is 5.91 Å². The second kappa shape index (κ2) is 5.67. The molecule has 3 rings (SSSR count). The second-order valence-corrected chi connectivity index (χ2v) is 5.28. The lowest BCUT2D eigenvalue weighted by molar-refractivity contribution is -0.128. The van der Waals surface area contributed by atoms with E-state index < -0.39 is 6.04 Å². The number of likely N-dealkylation sites (N-methyl/N-ethyl adjacent to an activating group) is 1. The van der Waals surface area contributed by atoms with Crippen molar-refractivity contribution < 1.29 is 14.3 Å². The third-order valence-corrected chi connectivity index (χ3v) is 3.74. The summed E-state index contributed by atoms with van der Waals surface area (Å²) in [6.07, 6.45) is 0.641. The van der Waals surface area contributed by atoms with Gasteiger partial charge in [-0.15, -0.1) is 0 Å². The summed E-state index contributed by atoms with van der Waals surface area (Å²) in [6.45, 7) is 3.06. The van der Waals surface area contributed by atoms with Crippen molar-refractivity contribution in [2.24, 2.45) is 0 Å². The molecule has 1 fully saturated rings. The van der Waals surface area contributed by atoms with Gasteiger partial charge in [0.1, 0.15) is 6.04 Å². The van der Waals surface area contributed by atoms with Gasteiger partial charge in [-0.3, -0.25) is 9.59 Å². The average Bonchev–Trinajstić information content (AvgIpc) is 3.04. The molecule has 1 aliphatic rings. The molecule has 1 aromatic heterocycles. The topological polar surface area (TPSA) is 87.3 Å². The van der Waals surface area contributed by atoms with Gasteiger partial charge in [0.15, 0.2) is 0 Å². The summed E-state index contributed by atoms with van der Waals surface area (Å²) in [6, 6.07) is 5.16. The number of aromatic nitrogens is 2. The van der Waals surface area contributed by atoms with E-state index in [1.165, 1.54) is 0 Å². The molecule has 22 heavy (non-hydrogen) atoms. The molecule has 1 saturated heterocycles. The summed E-state index contributed by atoms with van der Waals surface area (Å²) in [5.74, 6) is -0.308. The number of nitrogens with zero attached hydrogens (tertiary/aromatic N) is 2. The quantitative estimate of drug-likeness (QED) is 0.879. The minimum Gasteiger partial charge on any atom is -0.465 e. The molecule has 0 aliphatic carbocycles. The number of fused-ring (bicyclic) bond motifs is 1. The highest BCUT2D eigenvalue weighted by molar-refractivity contribution is 6.00. The minimum absolute atomic E-state index is 0.0467. The summed E-state index contributed by atoms with van der Waals surface area (Å²) in [5, 5.41) is 2.78. The Labute approximate surface area is 127 Å². The zero-order valence-corrected chi connectivity index (χ0v) is 12.5. The fourth-order valence-corrected chi connectivity index (χ4v) is 2.53. The molecule has 7 heteroatoms. The van der Waals surface area contributed by atoms with E-state index in [9.17, 15) is 9.59 Å². The maximum atomic E-state index is 12.3. The summed E-state index contributed by atoms with van der Waals surface area (Å²) in [4.78, 5) is 33.0. The minimum atomic E-state index is -0.436. The van der Waals surface area contributed by atoms with Gasteiger partial charge in [-0.25, -0.2) is 0 Å². The molecule has 1 unspecified atom stereocenters. The predicted molar refractivity (Wildman–Crippen MR) is 80.8 cm³/mol. The molecule has 2 N–H and O–H groups in total. The highest BCUT2D eigenvalue weighted by Gasteiger charge is 2.30.